The standard InChI is InChI=1S/C16H33NO/c1-3-4-5-6-7-8-9-10-12-16(18)13-11-14-17(2)15-16/h18H,3-15H2,1-2H3. The van der Waals surface area contributed by atoms with E-state index in [-0.39, 0.29) is 5.60 Å². The van der Waals surface area contributed by atoms with Crippen molar-refractivity contribution < 1.29 is 5.11 Å². The SMILES string of the molecule is CCCCCCCCCCC1(O)CCCN(C)C1. The highest BCUT2D eigenvalue weighted by atomic mass is 16.3. The van der Waals surface area contributed by atoms with E-state index in [1.807, 2.05) is 0 Å². The van der Waals surface area contributed by atoms with Gasteiger partial charge < -0.3 is 10.0 Å². The van der Waals surface area contributed by atoms with Crippen molar-refractivity contribution in [1.29, 1.82) is 0 Å². The Hall–Kier alpha value is -0.0800. The zero-order chi connectivity index (χ0) is 13.3. The molecule has 1 aliphatic rings. The van der Waals surface area contributed by atoms with Crippen LogP contribution in [0.3, 0.4) is 0 Å². The van der Waals surface area contributed by atoms with Gasteiger partial charge in [0.25, 0.3) is 0 Å². The third-order valence-electron chi connectivity index (χ3n) is 4.24. The molecule has 1 fully saturated rings. The summed E-state index contributed by atoms with van der Waals surface area (Å²) < 4.78 is 0. The minimum atomic E-state index is -0.380. The van der Waals surface area contributed by atoms with Crippen molar-refractivity contribution in [3.63, 3.8) is 0 Å². The van der Waals surface area contributed by atoms with Crippen molar-refractivity contribution in [2.45, 2.75) is 83.2 Å². The van der Waals surface area contributed by atoms with Gasteiger partial charge >= 0.3 is 0 Å². The van der Waals surface area contributed by atoms with Crippen molar-refractivity contribution in [3.8, 4) is 0 Å². The second-order valence-electron chi connectivity index (χ2n) is 6.29. The highest BCUT2D eigenvalue weighted by Crippen LogP contribution is 2.26. The molecule has 1 unspecified atom stereocenters. The summed E-state index contributed by atoms with van der Waals surface area (Å²) in [6, 6.07) is 0. The maximum absolute atomic E-state index is 10.5. The first-order valence-electron chi connectivity index (χ1n) is 8.07. The molecule has 18 heavy (non-hydrogen) atoms. The molecule has 0 bridgehead atoms. The van der Waals surface area contributed by atoms with Crippen LogP contribution in [0.25, 0.3) is 0 Å². The Kier molecular flexibility index (Phi) is 7.92. The summed E-state index contributed by atoms with van der Waals surface area (Å²) in [5.74, 6) is 0. The van der Waals surface area contributed by atoms with Gasteiger partial charge in [0.2, 0.25) is 0 Å². The Morgan fingerprint density at radius 1 is 1.00 bits per heavy atom. The van der Waals surface area contributed by atoms with Crippen LogP contribution in [-0.2, 0) is 0 Å². The van der Waals surface area contributed by atoms with E-state index in [9.17, 15) is 5.11 Å². The van der Waals surface area contributed by atoms with E-state index >= 15 is 0 Å². The maximum Gasteiger partial charge on any atom is 0.0774 e. The fourth-order valence-electron chi connectivity index (χ4n) is 3.13. The Balaban J connectivity index is 1.96. The highest BCUT2D eigenvalue weighted by molar-refractivity contribution is 4.85. The summed E-state index contributed by atoms with van der Waals surface area (Å²) in [6.07, 6.45) is 14.0. The number of hydrogen-bond donors (Lipinski definition) is 1. The number of piperidine rings is 1. The van der Waals surface area contributed by atoms with E-state index in [0.717, 1.165) is 32.4 Å². The molecule has 1 rings (SSSR count). The quantitative estimate of drug-likeness (QED) is 0.630. The lowest BCUT2D eigenvalue weighted by Gasteiger charge is -2.37. The van der Waals surface area contributed by atoms with E-state index in [0.29, 0.717) is 0 Å². The lowest BCUT2D eigenvalue weighted by Crippen LogP contribution is -2.46. The molecule has 1 N–H and O–H groups in total. The normalized spacial score (nSPS) is 25.5. The molecular weight excluding hydrogens is 222 g/mol. The van der Waals surface area contributed by atoms with Gasteiger partial charge in [0.1, 0.15) is 0 Å². The summed E-state index contributed by atoms with van der Waals surface area (Å²) in [4.78, 5) is 2.27. The van der Waals surface area contributed by atoms with Gasteiger partial charge in [-0.1, -0.05) is 58.3 Å². The Labute approximate surface area is 114 Å². The molecule has 0 spiro atoms. The molecule has 0 amide bonds. The monoisotopic (exact) mass is 255 g/mol. The summed E-state index contributed by atoms with van der Waals surface area (Å²) >= 11 is 0. The zero-order valence-corrected chi connectivity index (χ0v) is 12.6. The second kappa shape index (κ2) is 8.92. The average molecular weight is 255 g/mol. The molecule has 0 aromatic heterocycles. The van der Waals surface area contributed by atoms with Gasteiger partial charge in [-0.25, -0.2) is 0 Å². The molecule has 0 aromatic rings. The number of aliphatic hydroxyl groups is 1. The molecule has 0 aliphatic carbocycles. The number of nitrogens with zero attached hydrogens (tertiary/aromatic N) is 1. The van der Waals surface area contributed by atoms with Crippen LogP contribution in [0.1, 0.15) is 77.6 Å². The molecule has 1 atom stereocenters. The number of hydrogen-bond acceptors (Lipinski definition) is 2. The largest absolute Gasteiger partial charge is 0.389 e. The summed E-state index contributed by atoms with van der Waals surface area (Å²) in [5.41, 5.74) is -0.380. The summed E-state index contributed by atoms with van der Waals surface area (Å²) in [5, 5.41) is 10.5. The van der Waals surface area contributed by atoms with Gasteiger partial charge in [-0.15, -0.1) is 0 Å². The van der Waals surface area contributed by atoms with Crippen molar-refractivity contribution in [3.05, 3.63) is 0 Å². The van der Waals surface area contributed by atoms with Crippen LogP contribution in [0.2, 0.25) is 0 Å². The van der Waals surface area contributed by atoms with Crippen LogP contribution in [0.5, 0.6) is 0 Å². The second-order valence-corrected chi connectivity index (χ2v) is 6.29. The van der Waals surface area contributed by atoms with E-state index in [1.54, 1.807) is 0 Å². The van der Waals surface area contributed by atoms with Crippen LogP contribution in [0, 0.1) is 0 Å². The Morgan fingerprint density at radius 3 is 2.22 bits per heavy atom. The fourth-order valence-corrected chi connectivity index (χ4v) is 3.13. The highest BCUT2D eigenvalue weighted by Gasteiger charge is 2.30. The van der Waals surface area contributed by atoms with Gasteiger partial charge in [-0.05, 0) is 32.9 Å². The first-order valence-corrected chi connectivity index (χ1v) is 8.07. The average Bonchev–Trinajstić information content (AvgIpc) is 2.32. The van der Waals surface area contributed by atoms with Gasteiger partial charge in [-0.3, -0.25) is 0 Å². The predicted octanol–water partition coefficient (Wildman–Crippen LogP) is 3.97. The van der Waals surface area contributed by atoms with Crippen molar-refractivity contribution in [1.82, 2.24) is 4.90 Å². The number of β-amino-alcohol motifs (C(OH)–C–C–N with tert-alkyl or cyclic N) is 1. The molecular formula is C16H33NO. The zero-order valence-electron chi connectivity index (χ0n) is 12.6. The maximum atomic E-state index is 10.5. The minimum absolute atomic E-state index is 0.380. The van der Waals surface area contributed by atoms with Gasteiger partial charge in [0.15, 0.2) is 0 Å². The fraction of sp³-hybridized carbons (Fsp3) is 1.00. The Bertz CT molecular complexity index is 207. The topological polar surface area (TPSA) is 23.5 Å². The van der Waals surface area contributed by atoms with E-state index in [1.165, 1.54) is 51.4 Å². The third kappa shape index (κ3) is 6.75. The van der Waals surface area contributed by atoms with Gasteiger partial charge in [0, 0.05) is 6.54 Å². The lowest BCUT2D eigenvalue weighted by molar-refractivity contribution is -0.0311. The summed E-state index contributed by atoms with van der Waals surface area (Å²) in [6.45, 7) is 4.30. The van der Waals surface area contributed by atoms with Crippen molar-refractivity contribution >= 4 is 0 Å². The molecule has 0 radical (unpaired) electrons. The van der Waals surface area contributed by atoms with E-state index in [4.69, 9.17) is 0 Å². The summed E-state index contributed by atoms with van der Waals surface area (Å²) in [7, 11) is 2.12. The van der Waals surface area contributed by atoms with Crippen LogP contribution in [-0.4, -0.2) is 35.7 Å². The molecule has 0 aromatic carbocycles. The molecule has 1 aliphatic heterocycles. The van der Waals surface area contributed by atoms with E-state index < -0.39 is 0 Å². The van der Waals surface area contributed by atoms with Gasteiger partial charge in [-0.2, -0.15) is 0 Å². The number of likely N-dealkylation sites (N-methyl/N-ethyl adjacent to an activating group) is 1. The van der Waals surface area contributed by atoms with Crippen molar-refractivity contribution in [2.24, 2.45) is 0 Å². The number of likely N-dealkylation sites (tertiary alicyclic amines) is 1. The molecule has 1 heterocycles. The smallest absolute Gasteiger partial charge is 0.0774 e. The Morgan fingerprint density at radius 2 is 1.61 bits per heavy atom. The van der Waals surface area contributed by atoms with Crippen LogP contribution in [0.15, 0.2) is 0 Å². The molecule has 1 saturated heterocycles. The van der Waals surface area contributed by atoms with Crippen LogP contribution >= 0.6 is 0 Å². The molecule has 2 heteroatoms. The molecule has 108 valence electrons. The van der Waals surface area contributed by atoms with E-state index in [2.05, 4.69) is 18.9 Å². The first-order chi connectivity index (χ1) is 8.66. The third-order valence-corrected chi connectivity index (χ3v) is 4.24. The first kappa shape index (κ1) is 16.0. The number of unbranched alkanes of at least 4 members (excludes halogenated alkanes) is 7. The van der Waals surface area contributed by atoms with Gasteiger partial charge in [0.05, 0.1) is 5.60 Å². The molecule has 0 saturated carbocycles. The predicted molar refractivity (Wildman–Crippen MR) is 78.9 cm³/mol. The van der Waals surface area contributed by atoms with Crippen LogP contribution in [0.4, 0.5) is 0 Å². The number of rotatable bonds is 9. The molecule has 2 nitrogen and oxygen atoms in total. The van der Waals surface area contributed by atoms with Crippen LogP contribution < -0.4 is 0 Å². The minimum Gasteiger partial charge on any atom is -0.389 e. The lowest BCUT2D eigenvalue weighted by atomic mass is 9.87. The van der Waals surface area contributed by atoms with Crippen molar-refractivity contribution in [2.75, 3.05) is 20.1 Å².